The van der Waals surface area contributed by atoms with Crippen LogP contribution in [0.1, 0.15) is 17.3 Å². The largest absolute Gasteiger partial charge is 0.497 e. The van der Waals surface area contributed by atoms with Crippen LogP contribution < -0.4 is 15.2 Å². The second kappa shape index (κ2) is 6.61. The van der Waals surface area contributed by atoms with E-state index in [1.54, 1.807) is 31.4 Å². The smallest absolute Gasteiger partial charge is 0.269 e. The second-order valence-electron chi connectivity index (χ2n) is 4.25. The van der Waals surface area contributed by atoms with Crippen LogP contribution in [0.4, 0.5) is 5.69 Å². The van der Waals surface area contributed by atoms with E-state index in [1.807, 2.05) is 42.3 Å². The Morgan fingerprint density at radius 2 is 1.75 bits per heavy atom. The predicted octanol–water partition coefficient (Wildman–Crippen LogP) is 2.87. The van der Waals surface area contributed by atoms with E-state index in [9.17, 15) is 4.79 Å². The number of hydrazine groups is 1. The van der Waals surface area contributed by atoms with Gasteiger partial charge in [-0.2, -0.15) is 0 Å². The van der Waals surface area contributed by atoms with Crippen molar-refractivity contribution < 1.29 is 9.53 Å². The van der Waals surface area contributed by atoms with Gasteiger partial charge in [0.25, 0.3) is 5.91 Å². The number of nitrogens with zero attached hydrogens (tertiary/aromatic N) is 1. The SMILES string of the molecule is CCN(NC(=O)c1ccc(OC)cc1)c1ccccc1. The van der Waals surface area contributed by atoms with Gasteiger partial charge in [0, 0.05) is 12.1 Å². The summed E-state index contributed by atoms with van der Waals surface area (Å²) in [7, 11) is 1.60. The Labute approximate surface area is 119 Å². The second-order valence-corrected chi connectivity index (χ2v) is 4.25. The van der Waals surface area contributed by atoms with Crippen LogP contribution in [0.2, 0.25) is 0 Å². The normalized spacial score (nSPS) is 9.90. The maximum absolute atomic E-state index is 12.2. The first kappa shape index (κ1) is 13.9. The molecule has 0 aliphatic heterocycles. The number of benzene rings is 2. The monoisotopic (exact) mass is 270 g/mol. The molecule has 2 rings (SSSR count). The fourth-order valence-corrected chi connectivity index (χ4v) is 1.86. The van der Waals surface area contributed by atoms with E-state index in [-0.39, 0.29) is 5.91 Å². The number of carbonyl (C=O) groups is 1. The quantitative estimate of drug-likeness (QED) is 0.849. The number of hydrogen-bond acceptors (Lipinski definition) is 3. The highest BCUT2D eigenvalue weighted by atomic mass is 16.5. The van der Waals surface area contributed by atoms with Crippen molar-refractivity contribution >= 4 is 11.6 Å². The van der Waals surface area contributed by atoms with Gasteiger partial charge in [0.05, 0.1) is 12.8 Å². The molecule has 4 heteroatoms. The molecule has 0 aromatic heterocycles. The molecule has 2 aromatic carbocycles. The first-order chi connectivity index (χ1) is 9.74. The van der Waals surface area contributed by atoms with E-state index in [0.717, 1.165) is 11.4 Å². The van der Waals surface area contributed by atoms with Crippen LogP contribution in [0.5, 0.6) is 5.75 Å². The predicted molar refractivity (Wildman–Crippen MR) is 79.9 cm³/mol. The third-order valence-electron chi connectivity index (χ3n) is 2.97. The molecule has 0 unspecified atom stereocenters. The molecule has 0 atom stereocenters. The highest BCUT2D eigenvalue weighted by Gasteiger charge is 2.10. The highest BCUT2D eigenvalue weighted by Crippen LogP contribution is 2.13. The van der Waals surface area contributed by atoms with Crippen LogP contribution in [-0.4, -0.2) is 19.6 Å². The summed E-state index contributed by atoms with van der Waals surface area (Å²) >= 11 is 0. The molecule has 0 radical (unpaired) electrons. The summed E-state index contributed by atoms with van der Waals surface area (Å²) in [5.74, 6) is 0.593. The first-order valence-electron chi connectivity index (χ1n) is 6.52. The summed E-state index contributed by atoms with van der Waals surface area (Å²) in [5, 5.41) is 1.81. The molecule has 0 spiro atoms. The minimum absolute atomic E-state index is 0.140. The van der Waals surface area contributed by atoms with Crippen molar-refractivity contribution in [3.8, 4) is 5.75 Å². The zero-order valence-corrected chi connectivity index (χ0v) is 11.7. The van der Waals surface area contributed by atoms with Crippen molar-refractivity contribution in [1.29, 1.82) is 0 Å². The molecule has 1 amide bonds. The molecule has 2 aromatic rings. The number of para-hydroxylation sites is 1. The molecule has 4 nitrogen and oxygen atoms in total. The van der Waals surface area contributed by atoms with Crippen molar-refractivity contribution in [2.45, 2.75) is 6.92 Å². The topological polar surface area (TPSA) is 41.6 Å². The minimum atomic E-state index is -0.140. The van der Waals surface area contributed by atoms with E-state index in [4.69, 9.17) is 4.74 Å². The van der Waals surface area contributed by atoms with Gasteiger partial charge in [-0.1, -0.05) is 18.2 Å². The highest BCUT2D eigenvalue weighted by molar-refractivity contribution is 5.95. The Bertz CT molecular complexity index is 552. The van der Waals surface area contributed by atoms with Crippen LogP contribution in [0.3, 0.4) is 0 Å². The Morgan fingerprint density at radius 3 is 2.30 bits per heavy atom. The van der Waals surface area contributed by atoms with Crippen molar-refractivity contribution in [2.75, 3.05) is 18.7 Å². The number of ether oxygens (including phenoxy) is 1. The van der Waals surface area contributed by atoms with Crippen LogP contribution in [0.15, 0.2) is 54.6 Å². The number of methoxy groups -OCH3 is 1. The number of hydrogen-bond donors (Lipinski definition) is 1. The van der Waals surface area contributed by atoms with Gasteiger partial charge in [-0.25, -0.2) is 0 Å². The standard InChI is InChI=1S/C16H18N2O2/c1-3-18(14-7-5-4-6-8-14)17-16(19)13-9-11-15(20-2)12-10-13/h4-12H,3H2,1-2H3,(H,17,19). The van der Waals surface area contributed by atoms with Gasteiger partial charge >= 0.3 is 0 Å². The Balaban J connectivity index is 2.09. The Kier molecular flexibility index (Phi) is 4.60. The molecule has 0 aliphatic carbocycles. The molecule has 104 valence electrons. The van der Waals surface area contributed by atoms with Crippen LogP contribution in [0, 0.1) is 0 Å². The number of amides is 1. The summed E-state index contributed by atoms with van der Waals surface area (Å²) < 4.78 is 5.08. The molecular weight excluding hydrogens is 252 g/mol. The summed E-state index contributed by atoms with van der Waals surface area (Å²) in [4.78, 5) is 12.2. The number of rotatable bonds is 5. The van der Waals surface area contributed by atoms with Gasteiger partial charge in [0.15, 0.2) is 0 Å². The van der Waals surface area contributed by atoms with E-state index < -0.39 is 0 Å². The van der Waals surface area contributed by atoms with Gasteiger partial charge in [0.2, 0.25) is 0 Å². The maximum Gasteiger partial charge on any atom is 0.269 e. The molecule has 0 saturated carbocycles. The van der Waals surface area contributed by atoms with E-state index >= 15 is 0 Å². The number of anilines is 1. The van der Waals surface area contributed by atoms with E-state index in [2.05, 4.69) is 5.43 Å². The van der Waals surface area contributed by atoms with E-state index in [0.29, 0.717) is 12.1 Å². The fraction of sp³-hybridized carbons (Fsp3) is 0.188. The van der Waals surface area contributed by atoms with Gasteiger partial charge in [-0.05, 0) is 43.3 Å². The first-order valence-corrected chi connectivity index (χ1v) is 6.52. The van der Waals surface area contributed by atoms with Gasteiger partial charge in [-0.15, -0.1) is 0 Å². The molecule has 0 aliphatic rings. The third kappa shape index (κ3) is 3.29. The van der Waals surface area contributed by atoms with Crippen molar-refractivity contribution in [1.82, 2.24) is 5.43 Å². The lowest BCUT2D eigenvalue weighted by Crippen LogP contribution is -2.42. The van der Waals surface area contributed by atoms with E-state index in [1.165, 1.54) is 0 Å². The van der Waals surface area contributed by atoms with Gasteiger partial charge < -0.3 is 4.74 Å². The lowest BCUT2D eigenvalue weighted by molar-refractivity contribution is 0.0949. The zero-order valence-electron chi connectivity index (χ0n) is 11.7. The molecule has 0 fully saturated rings. The van der Waals surface area contributed by atoms with Crippen molar-refractivity contribution in [2.24, 2.45) is 0 Å². The summed E-state index contributed by atoms with van der Waals surface area (Å²) in [6.07, 6.45) is 0. The van der Waals surface area contributed by atoms with Crippen LogP contribution >= 0.6 is 0 Å². The molecule has 0 heterocycles. The molecule has 0 bridgehead atoms. The number of nitrogens with one attached hydrogen (secondary N) is 1. The summed E-state index contributed by atoms with van der Waals surface area (Å²) in [6.45, 7) is 2.67. The van der Waals surface area contributed by atoms with Crippen molar-refractivity contribution in [3.63, 3.8) is 0 Å². The average molecular weight is 270 g/mol. The average Bonchev–Trinajstić information content (AvgIpc) is 2.53. The van der Waals surface area contributed by atoms with Crippen LogP contribution in [0.25, 0.3) is 0 Å². The van der Waals surface area contributed by atoms with Gasteiger partial charge in [-0.3, -0.25) is 15.2 Å². The summed E-state index contributed by atoms with van der Waals surface area (Å²) in [6, 6.07) is 16.8. The lowest BCUT2D eigenvalue weighted by Gasteiger charge is -2.23. The Hall–Kier alpha value is -2.49. The lowest BCUT2D eigenvalue weighted by atomic mass is 10.2. The zero-order chi connectivity index (χ0) is 14.4. The maximum atomic E-state index is 12.2. The Morgan fingerprint density at radius 1 is 1.10 bits per heavy atom. The molecule has 0 saturated heterocycles. The molecular formula is C16H18N2O2. The fourth-order valence-electron chi connectivity index (χ4n) is 1.86. The van der Waals surface area contributed by atoms with Crippen molar-refractivity contribution in [3.05, 3.63) is 60.2 Å². The summed E-state index contributed by atoms with van der Waals surface area (Å²) in [5.41, 5.74) is 4.44. The minimum Gasteiger partial charge on any atom is -0.497 e. The number of carbonyl (C=O) groups excluding carboxylic acids is 1. The molecule has 20 heavy (non-hydrogen) atoms. The van der Waals surface area contributed by atoms with Crippen LogP contribution in [-0.2, 0) is 0 Å². The third-order valence-corrected chi connectivity index (χ3v) is 2.97. The van der Waals surface area contributed by atoms with Gasteiger partial charge in [0.1, 0.15) is 5.75 Å². The molecule has 1 N–H and O–H groups in total.